The van der Waals surface area contributed by atoms with Crippen molar-refractivity contribution in [2.75, 3.05) is 32.1 Å². The molecule has 0 aliphatic carbocycles. The number of anilines is 1. The molecule has 1 amide bonds. The molecular formula is C30H32N4O3. The number of amides is 1. The number of carbonyl (C=O) groups is 1. The van der Waals surface area contributed by atoms with Crippen LogP contribution in [0.15, 0.2) is 71.3 Å². The fourth-order valence-corrected chi connectivity index (χ4v) is 4.81. The summed E-state index contributed by atoms with van der Waals surface area (Å²) in [5.74, 6) is 2.36. The van der Waals surface area contributed by atoms with E-state index in [-0.39, 0.29) is 5.91 Å². The molecule has 0 saturated carbocycles. The lowest BCUT2D eigenvalue weighted by atomic mass is 9.97. The average Bonchev–Trinajstić information content (AvgIpc) is 3.35. The van der Waals surface area contributed by atoms with Gasteiger partial charge in [0.05, 0.1) is 6.61 Å². The van der Waals surface area contributed by atoms with Gasteiger partial charge in [0.1, 0.15) is 5.75 Å². The van der Waals surface area contributed by atoms with Crippen molar-refractivity contribution in [3.63, 3.8) is 0 Å². The van der Waals surface area contributed by atoms with E-state index in [0.717, 1.165) is 46.8 Å². The third-order valence-corrected chi connectivity index (χ3v) is 6.79. The molecule has 190 valence electrons. The predicted octanol–water partition coefficient (Wildman–Crippen LogP) is 5.99. The SMILES string of the molecule is Cc1nc(-c2ccc(-c3ccc(C(=O)Nc4ccc(OCC5CCCN(C)C5)cc4)cc3)c(C)c2)no1. The topological polar surface area (TPSA) is 80.5 Å². The first-order chi connectivity index (χ1) is 17.9. The van der Waals surface area contributed by atoms with E-state index in [0.29, 0.717) is 23.2 Å². The molecule has 1 aromatic heterocycles. The lowest BCUT2D eigenvalue weighted by Crippen LogP contribution is -2.34. The van der Waals surface area contributed by atoms with Crippen LogP contribution >= 0.6 is 0 Å². The standard InChI is InChI=1S/C30H32N4O3/c1-20-17-25(29-31-21(2)37-33-29)10-15-28(20)23-6-8-24(9-7-23)30(35)32-26-11-13-27(14-12-26)36-19-22-5-4-16-34(3)18-22/h6-15,17,22H,4-5,16,18-19H2,1-3H3,(H,32,35). The Bertz CT molecular complexity index is 1360. The molecule has 1 N–H and O–H groups in total. The number of aryl methyl sites for hydroxylation is 2. The molecule has 0 bridgehead atoms. The number of nitrogens with zero attached hydrogens (tertiary/aromatic N) is 3. The minimum Gasteiger partial charge on any atom is -0.493 e. The molecule has 0 radical (unpaired) electrons. The van der Waals surface area contributed by atoms with Crippen molar-refractivity contribution >= 4 is 11.6 Å². The van der Waals surface area contributed by atoms with E-state index in [9.17, 15) is 4.79 Å². The summed E-state index contributed by atoms with van der Waals surface area (Å²) in [5, 5.41) is 6.96. The number of hydrogen-bond acceptors (Lipinski definition) is 6. The van der Waals surface area contributed by atoms with Crippen LogP contribution in [0.5, 0.6) is 5.75 Å². The van der Waals surface area contributed by atoms with E-state index in [1.54, 1.807) is 6.92 Å². The molecule has 7 heteroatoms. The molecule has 1 aliphatic heterocycles. The van der Waals surface area contributed by atoms with Gasteiger partial charge in [0, 0.05) is 36.2 Å². The predicted molar refractivity (Wildman–Crippen MR) is 145 cm³/mol. The summed E-state index contributed by atoms with van der Waals surface area (Å²) >= 11 is 0. The van der Waals surface area contributed by atoms with E-state index in [1.807, 2.05) is 73.7 Å². The lowest BCUT2D eigenvalue weighted by molar-refractivity contribution is 0.102. The minimum atomic E-state index is -0.148. The second-order valence-electron chi connectivity index (χ2n) is 9.80. The third-order valence-electron chi connectivity index (χ3n) is 6.79. The van der Waals surface area contributed by atoms with Gasteiger partial charge in [0.15, 0.2) is 0 Å². The zero-order valence-electron chi connectivity index (χ0n) is 21.5. The van der Waals surface area contributed by atoms with Crippen molar-refractivity contribution in [3.8, 4) is 28.3 Å². The van der Waals surface area contributed by atoms with Crippen molar-refractivity contribution < 1.29 is 14.1 Å². The summed E-state index contributed by atoms with van der Waals surface area (Å²) in [5.41, 5.74) is 5.47. The first-order valence-electron chi connectivity index (χ1n) is 12.7. The fraction of sp³-hybridized carbons (Fsp3) is 0.300. The highest BCUT2D eigenvalue weighted by Crippen LogP contribution is 2.28. The highest BCUT2D eigenvalue weighted by molar-refractivity contribution is 6.04. The Labute approximate surface area is 217 Å². The number of benzene rings is 3. The number of likely N-dealkylation sites (tertiary alicyclic amines) is 1. The normalized spacial score (nSPS) is 15.9. The van der Waals surface area contributed by atoms with Gasteiger partial charge < -0.3 is 19.5 Å². The second-order valence-corrected chi connectivity index (χ2v) is 9.80. The summed E-state index contributed by atoms with van der Waals surface area (Å²) in [6.45, 7) is 6.80. The first kappa shape index (κ1) is 24.7. The van der Waals surface area contributed by atoms with Crippen LogP contribution in [0.2, 0.25) is 0 Å². The Hall–Kier alpha value is -3.97. The number of rotatable bonds is 7. The molecule has 1 atom stereocenters. The smallest absolute Gasteiger partial charge is 0.255 e. The van der Waals surface area contributed by atoms with Gasteiger partial charge in [-0.25, -0.2) is 0 Å². The molecule has 1 aliphatic rings. The lowest BCUT2D eigenvalue weighted by Gasteiger charge is -2.29. The molecule has 3 aromatic carbocycles. The van der Waals surface area contributed by atoms with Gasteiger partial charge in [-0.05, 0) is 92.5 Å². The van der Waals surface area contributed by atoms with Crippen LogP contribution in [0, 0.1) is 19.8 Å². The summed E-state index contributed by atoms with van der Waals surface area (Å²) < 4.78 is 11.1. The van der Waals surface area contributed by atoms with Crippen LogP contribution in [-0.4, -0.2) is 47.7 Å². The van der Waals surface area contributed by atoms with E-state index < -0.39 is 0 Å². The number of aromatic nitrogens is 2. The second kappa shape index (κ2) is 11.0. The summed E-state index contributed by atoms with van der Waals surface area (Å²) in [4.78, 5) is 19.5. The molecule has 0 spiro atoms. The number of carbonyl (C=O) groups excluding carboxylic acids is 1. The van der Waals surface area contributed by atoms with E-state index >= 15 is 0 Å². The number of nitrogens with one attached hydrogen (secondary N) is 1. The Kier molecular flexibility index (Phi) is 7.32. The van der Waals surface area contributed by atoms with Crippen LogP contribution in [0.4, 0.5) is 5.69 Å². The number of ether oxygens (including phenoxy) is 1. The van der Waals surface area contributed by atoms with Crippen molar-refractivity contribution in [2.45, 2.75) is 26.7 Å². The van der Waals surface area contributed by atoms with Gasteiger partial charge in [-0.2, -0.15) is 4.98 Å². The van der Waals surface area contributed by atoms with E-state index in [1.165, 1.54) is 19.4 Å². The van der Waals surface area contributed by atoms with Gasteiger partial charge in [-0.1, -0.05) is 29.4 Å². The highest BCUT2D eigenvalue weighted by atomic mass is 16.5. The van der Waals surface area contributed by atoms with Gasteiger partial charge >= 0.3 is 0 Å². The Morgan fingerprint density at radius 1 is 1.05 bits per heavy atom. The minimum absolute atomic E-state index is 0.148. The maximum atomic E-state index is 12.8. The summed E-state index contributed by atoms with van der Waals surface area (Å²) in [6, 6.07) is 21.3. The largest absolute Gasteiger partial charge is 0.493 e. The molecule has 5 rings (SSSR count). The molecule has 1 unspecified atom stereocenters. The van der Waals surface area contributed by atoms with Crippen LogP contribution in [0.3, 0.4) is 0 Å². The van der Waals surface area contributed by atoms with Crippen LogP contribution in [0.1, 0.15) is 34.7 Å². The van der Waals surface area contributed by atoms with Gasteiger partial charge in [0.25, 0.3) is 5.91 Å². The third kappa shape index (κ3) is 6.06. The van der Waals surface area contributed by atoms with Crippen LogP contribution < -0.4 is 10.1 Å². The maximum Gasteiger partial charge on any atom is 0.255 e. The molecule has 4 aromatic rings. The van der Waals surface area contributed by atoms with Crippen LogP contribution in [0.25, 0.3) is 22.5 Å². The van der Waals surface area contributed by atoms with Crippen molar-refractivity contribution in [1.82, 2.24) is 15.0 Å². The average molecular weight is 497 g/mol. The molecule has 2 heterocycles. The summed E-state index contributed by atoms with van der Waals surface area (Å²) in [7, 11) is 2.16. The Morgan fingerprint density at radius 2 is 1.81 bits per heavy atom. The number of hydrogen-bond donors (Lipinski definition) is 1. The molecule has 1 saturated heterocycles. The van der Waals surface area contributed by atoms with Gasteiger partial charge in [0.2, 0.25) is 11.7 Å². The van der Waals surface area contributed by atoms with Gasteiger partial charge in [-0.15, -0.1) is 0 Å². The Morgan fingerprint density at radius 3 is 2.49 bits per heavy atom. The summed E-state index contributed by atoms with van der Waals surface area (Å²) in [6.07, 6.45) is 2.44. The molecule has 7 nitrogen and oxygen atoms in total. The zero-order valence-corrected chi connectivity index (χ0v) is 21.5. The Balaban J connectivity index is 1.18. The maximum absolute atomic E-state index is 12.8. The van der Waals surface area contributed by atoms with Crippen molar-refractivity contribution in [1.29, 1.82) is 0 Å². The molecular weight excluding hydrogens is 464 g/mol. The quantitative estimate of drug-likeness (QED) is 0.338. The van der Waals surface area contributed by atoms with E-state index in [4.69, 9.17) is 9.26 Å². The fourth-order valence-electron chi connectivity index (χ4n) is 4.81. The molecule has 37 heavy (non-hydrogen) atoms. The molecule has 1 fully saturated rings. The van der Waals surface area contributed by atoms with Crippen molar-refractivity contribution in [3.05, 3.63) is 83.7 Å². The van der Waals surface area contributed by atoms with E-state index in [2.05, 4.69) is 27.4 Å². The monoisotopic (exact) mass is 496 g/mol. The van der Waals surface area contributed by atoms with Crippen molar-refractivity contribution in [2.24, 2.45) is 5.92 Å². The first-order valence-corrected chi connectivity index (χ1v) is 12.7. The van der Waals surface area contributed by atoms with Crippen LogP contribution in [-0.2, 0) is 0 Å². The highest BCUT2D eigenvalue weighted by Gasteiger charge is 2.17. The van der Waals surface area contributed by atoms with Gasteiger partial charge in [-0.3, -0.25) is 4.79 Å². The zero-order chi connectivity index (χ0) is 25.8. The number of piperidine rings is 1.